The molecule has 23 heavy (non-hydrogen) atoms. The van der Waals surface area contributed by atoms with Crippen molar-refractivity contribution in [3.63, 3.8) is 0 Å². The molecule has 0 aliphatic heterocycles. The van der Waals surface area contributed by atoms with E-state index in [9.17, 15) is 4.39 Å². The van der Waals surface area contributed by atoms with Crippen molar-refractivity contribution in [2.24, 2.45) is 4.99 Å². The summed E-state index contributed by atoms with van der Waals surface area (Å²) in [5.74, 6) is 0.536. The van der Waals surface area contributed by atoms with E-state index in [1.165, 1.54) is 13.2 Å². The molecule has 0 fully saturated rings. The van der Waals surface area contributed by atoms with Gasteiger partial charge in [-0.3, -0.25) is 9.98 Å². The van der Waals surface area contributed by atoms with E-state index in [-0.39, 0.29) is 11.6 Å². The number of guanidine groups is 1. The van der Waals surface area contributed by atoms with Crippen LogP contribution < -0.4 is 15.4 Å². The Hall–Kier alpha value is -2.63. The minimum Gasteiger partial charge on any atom is -0.494 e. The molecule has 0 spiro atoms. The zero-order valence-corrected chi connectivity index (χ0v) is 13.3. The summed E-state index contributed by atoms with van der Waals surface area (Å²) in [4.78, 5) is 8.41. The van der Waals surface area contributed by atoms with Gasteiger partial charge < -0.3 is 15.4 Å². The highest BCUT2D eigenvalue weighted by Gasteiger charge is 2.04. The van der Waals surface area contributed by atoms with Gasteiger partial charge in [0.2, 0.25) is 0 Å². The van der Waals surface area contributed by atoms with E-state index in [0.29, 0.717) is 19.0 Å². The number of aromatic nitrogens is 1. The lowest BCUT2D eigenvalue weighted by Gasteiger charge is -2.12. The van der Waals surface area contributed by atoms with Gasteiger partial charge in [-0.25, -0.2) is 4.39 Å². The van der Waals surface area contributed by atoms with Crippen molar-refractivity contribution in [3.05, 3.63) is 59.7 Å². The fourth-order valence-corrected chi connectivity index (χ4v) is 2.08. The standard InChI is InChI=1S/C17H21FN4O/c1-19-17(21-10-8-14-5-3-4-9-20-14)22-12-13-6-7-16(23-2)15(18)11-13/h3-7,9,11H,8,10,12H2,1-2H3,(H2,19,21,22). The van der Waals surface area contributed by atoms with Gasteiger partial charge in [-0.15, -0.1) is 0 Å². The molecule has 0 saturated carbocycles. The molecule has 0 radical (unpaired) electrons. The molecule has 0 atom stereocenters. The quantitative estimate of drug-likeness (QED) is 0.633. The van der Waals surface area contributed by atoms with Gasteiger partial charge in [-0.2, -0.15) is 0 Å². The summed E-state index contributed by atoms with van der Waals surface area (Å²) < 4.78 is 18.5. The van der Waals surface area contributed by atoms with Crippen LogP contribution in [0.15, 0.2) is 47.6 Å². The molecule has 0 amide bonds. The van der Waals surface area contributed by atoms with Gasteiger partial charge >= 0.3 is 0 Å². The maximum atomic E-state index is 13.6. The molecule has 122 valence electrons. The number of benzene rings is 1. The fourth-order valence-electron chi connectivity index (χ4n) is 2.08. The summed E-state index contributed by atoms with van der Waals surface area (Å²) in [6.45, 7) is 1.19. The van der Waals surface area contributed by atoms with Crippen molar-refractivity contribution >= 4 is 5.96 Å². The van der Waals surface area contributed by atoms with Crippen molar-refractivity contribution < 1.29 is 9.13 Å². The molecule has 2 N–H and O–H groups in total. The molecule has 1 aromatic carbocycles. The minimum absolute atomic E-state index is 0.242. The van der Waals surface area contributed by atoms with Crippen LogP contribution in [0.2, 0.25) is 0 Å². The molecule has 2 rings (SSSR count). The lowest BCUT2D eigenvalue weighted by molar-refractivity contribution is 0.386. The van der Waals surface area contributed by atoms with E-state index in [1.54, 1.807) is 19.3 Å². The summed E-state index contributed by atoms with van der Waals surface area (Å²) >= 11 is 0. The lowest BCUT2D eigenvalue weighted by Crippen LogP contribution is -2.37. The Balaban J connectivity index is 1.80. The van der Waals surface area contributed by atoms with E-state index >= 15 is 0 Å². The van der Waals surface area contributed by atoms with Gasteiger partial charge in [0.15, 0.2) is 17.5 Å². The van der Waals surface area contributed by atoms with Crippen molar-refractivity contribution in [2.45, 2.75) is 13.0 Å². The summed E-state index contributed by atoms with van der Waals surface area (Å²) in [6, 6.07) is 10.7. The first kappa shape index (κ1) is 16.7. The van der Waals surface area contributed by atoms with E-state index in [1.807, 2.05) is 24.3 Å². The maximum Gasteiger partial charge on any atom is 0.191 e. The first-order chi connectivity index (χ1) is 11.2. The third-order valence-electron chi connectivity index (χ3n) is 3.30. The first-order valence-corrected chi connectivity index (χ1v) is 7.39. The molecule has 1 aromatic heterocycles. The number of methoxy groups -OCH3 is 1. The molecule has 5 nitrogen and oxygen atoms in total. The normalized spacial score (nSPS) is 11.2. The molecule has 0 aliphatic carbocycles. The van der Waals surface area contributed by atoms with Crippen molar-refractivity contribution in [2.75, 3.05) is 20.7 Å². The molecule has 6 heteroatoms. The molecule has 0 saturated heterocycles. The maximum absolute atomic E-state index is 13.6. The fraction of sp³-hybridized carbons (Fsp3) is 0.294. The Labute approximate surface area is 135 Å². The van der Waals surface area contributed by atoms with Gasteiger partial charge in [0.25, 0.3) is 0 Å². The molecule has 0 unspecified atom stereocenters. The second kappa shape index (κ2) is 8.73. The number of nitrogens with zero attached hydrogens (tertiary/aromatic N) is 2. The Morgan fingerprint density at radius 2 is 2.13 bits per heavy atom. The third kappa shape index (κ3) is 5.25. The lowest BCUT2D eigenvalue weighted by atomic mass is 10.2. The number of hydrogen-bond donors (Lipinski definition) is 2. The molecular formula is C17H21FN4O. The number of hydrogen-bond acceptors (Lipinski definition) is 3. The second-order valence-corrected chi connectivity index (χ2v) is 4.89. The zero-order chi connectivity index (χ0) is 16.5. The number of ether oxygens (including phenoxy) is 1. The van der Waals surface area contributed by atoms with Gasteiger partial charge in [0.05, 0.1) is 7.11 Å². The summed E-state index contributed by atoms with van der Waals surface area (Å²) in [6.07, 6.45) is 2.58. The first-order valence-electron chi connectivity index (χ1n) is 7.39. The zero-order valence-electron chi connectivity index (χ0n) is 13.3. The SMILES string of the molecule is CN=C(NCCc1ccccn1)NCc1ccc(OC)c(F)c1. The van der Waals surface area contributed by atoms with Crippen LogP contribution in [0, 0.1) is 5.82 Å². The van der Waals surface area contributed by atoms with Crippen molar-refractivity contribution in [3.8, 4) is 5.75 Å². The number of halogens is 1. The van der Waals surface area contributed by atoms with Gasteiger partial charge in [0, 0.05) is 38.4 Å². The average Bonchev–Trinajstić information content (AvgIpc) is 2.59. The highest BCUT2D eigenvalue weighted by Crippen LogP contribution is 2.17. The highest BCUT2D eigenvalue weighted by molar-refractivity contribution is 5.79. The molecule has 1 heterocycles. The van der Waals surface area contributed by atoms with Crippen LogP contribution >= 0.6 is 0 Å². The van der Waals surface area contributed by atoms with Crippen molar-refractivity contribution in [1.29, 1.82) is 0 Å². The molecule has 0 aliphatic rings. The Morgan fingerprint density at radius 1 is 1.26 bits per heavy atom. The highest BCUT2D eigenvalue weighted by atomic mass is 19.1. The smallest absolute Gasteiger partial charge is 0.191 e. The van der Waals surface area contributed by atoms with Crippen LogP contribution in [0.3, 0.4) is 0 Å². The van der Waals surface area contributed by atoms with Crippen LogP contribution in [0.1, 0.15) is 11.3 Å². The number of rotatable bonds is 6. The molecular weight excluding hydrogens is 295 g/mol. The minimum atomic E-state index is -0.370. The third-order valence-corrected chi connectivity index (χ3v) is 3.30. The Morgan fingerprint density at radius 3 is 2.78 bits per heavy atom. The van der Waals surface area contributed by atoms with Crippen LogP contribution in [0.4, 0.5) is 4.39 Å². The van der Waals surface area contributed by atoms with Gasteiger partial charge in [-0.1, -0.05) is 12.1 Å². The predicted molar refractivity (Wildman–Crippen MR) is 89.1 cm³/mol. The van der Waals surface area contributed by atoms with Crippen LogP contribution in [-0.4, -0.2) is 31.6 Å². The van der Waals surface area contributed by atoms with Crippen LogP contribution in [0.25, 0.3) is 0 Å². The topological polar surface area (TPSA) is 58.5 Å². The van der Waals surface area contributed by atoms with Crippen LogP contribution in [-0.2, 0) is 13.0 Å². The van der Waals surface area contributed by atoms with E-state index in [4.69, 9.17) is 4.74 Å². The van der Waals surface area contributed by atoms with E-state index < -0.39 is 0 Å². The van der Waals surface area contributed by atoms with Gasteiger partial charge in [0.1, 0.15) is 0 Å². The second-order valence-electron chi connectivity index (χ2n) is 4.89. The monoisotopic (exact) mass is 316 g/mol. The average molecular weight is 316 g/mol. The Kier molecular flexibility index (Phi) is 6.35. The Bertz CT molecular complexity index is 646. The van der Waals surface area contributed by atoms with E-state index in [0.717, 1.165) is 17.7 Å². The number of nitrogens with one attached hydrogen (secondary N) is 2. The molecule has 0 bridgehead atoms. The number of aliphatic imine (C=N–C) groups is 1. The summed E-state index contributed by atoms with van der Waals surface area (Å²) in [7, 11) is 3.15. The van der Waals surface area contributed by atoms with Crippen molar-refractivity contribution in [1.82, 2.24) is 15.6 Å². The summed E-state index contributed by atoms with van der Waals surface area (Å²) in [5.41, 5.74) is 1.84. The molecule has 2 aromatic rings. The van der Waals surface area contributed by atoms with Gasteiger partial charge in [-0.05, 0) is 29.8 Å². The largest absolute Gasteiger partial charge is 0.494 e. The van der Waals surface area contributed by atoms with Crippen LogP contribution in [0.5, 0.6) is 5.75 Å². The number of pyridine rings is 1. The summed E-state index contributed by atoms with van der Waals surface area (Å²) in [5, 5.41) is 6.35. The predicted octanol–water partition coefficient (Wildman–Crippen LogP) is 2.14. The van der Waals surface area contributed by atoms with E-state index in [2.05, 4.69) is 20.6 Å².